The van der Waals surface area contributed by atoms with Crippen molar-refractivity contribution in [3.05, 3.63) is 0 Å². The summed E-state index contributed by atoms with van der Waals surface area (Å²) in [6.07, 6.45) is 2.58. The molecule has 16 heavy (non-hydrogen) atoms. The van der Waals surface area contributed by atoms with Crippen molar-refractivity contribution in [3.63, 3.8) is 0 Å². The van der Waals surface area contributed by atoms with E-state index in [-0.39, 0.29) is 0 Å². The number of hydrogen-bond acceptors (Lipinski definition) is 2. The Morgan fingerprint density at radius 2 is 1.94 bits per heavy atom. The maximum Gasteiger partial charge on any atom is 0.0218 e. The van der Waals surface area contributed by atoms with Crippen molar-refractivity contribution >= 4 is 0 Å². The first kappa shape index (κ1) is 14.0. The summed E-state index contributed by atoms with van der Waals surface area (Å²) in [5.41, 5.74) is 0. The van der Waals surface area contributed by atoms with Crippen molar-refractivity contribution in [1.29, 1.82) is 0 Å². The Kier molecular flexibility index (Phi) is 5.77. The Balaban J connectivity index is 2.63. The molecule has 0 amide bonds. The first-order valence-corrected chi connectivity index (χ1v) is 7.03. The number of rotatable bonds is 4. The largest absolute Gasteiger partial charge is 0.312 e. The van der Waals surface area contributed by atoms with Crippen LogP contribution in [0.2, 0.25) is 0 Å². The summed E-state index contributed by atoms with van der Waals surface area (Å²) >= 11 is 0. The minimum absolute atomic E-state index is 0.676. The molecule has 0 spiro atoms. The lowest BCUT2D eigenvalue weighted by Gasteiger charge is -2.35. The highest BCUT2D eigenvalue weighted by atomic mass is 15.2. The topological polar surface area (TPSA) is 15.3 Å². The van der Waals surface area contributed by atoms with E-state index in [9.17, 15) is 0 Å². The van der Waals surface area contributed by atoms with Crippen molar-refractivity contribution in [2.24, 2.45) is 11.8 Å². The standard InChI is InChI=1S/C14H30N2/c1-6-14(12(4)5)16-9-7-8-15-13(10-16)11(2)3/h11-15H,6-10H2,1-5H3. The second kappa shape index (κ2) is 6.61. The van der Waals surface area contributed by atoms with Crippen molar-refractivity contribution in [1.82, 2.24) is 10.2 Å². The minimum Gasteiger partial charge on any atom is -0.312 e. The molecule has 0 saturated carbocycles. The van der Waals surface area contributed by atoms with E-state index >= 15 is 0 Å². The lowest BCUT2D eigenvalue weighted by Crippen LogP contribution is -2.46. The van der Waals surface area contributed by atoms with Gasteiger partial charge in [-0.1, -0.05) is 34.6 Å². The van der Waals surface area contributed by atoms with Crippen LogP contribution in [0.4, 0.5) is 0 Å². The fourth-order valence-corrected chi connectivity index (χ4v) is 2.88. The van der Waals surface area contributed by atoms with Crippen LogP contribution in [0.3, 0.4) is 0 Å². The average molecular weight is 226 g/mol. The van der Waals surface area contributed by atoms with Crippen LogP contribution in [0.1, 0.15) is 47.5 Å². The first-order chi connectivity index (χ1) is 7.56. The van der Waals surface area contributed by atoms with Gasteiger partial charge in [-0.05, 0) is 37.8 Å². The van der Waals surface area contributed by atoms with E-state index in [2.05, 4.69) is 44.8 Å². The normalized spacial score (nSPS) is 26.1. The predicted molar refractivity (Wildman–Crippen MR) is 71.7 cm³/mol. The monoisotopic (exact) mass is 226 g/mol. The summed E-state index contributed by atoms with van der Waals surface area (Å²) in [4.78, 5) is 2.72. The van der Waals surface area contributed by atoms with Gasteiger partial charge in [0.2, 0.25) is 0 Å². The fourth-order valence-electron chi connectivity index (χ4n) is 2.88. The summed E-state index contributed by atoms with van der Waals surface area (Å²) in [7, 11) is 0. The third kappa shape index (κ3) is 3.74. The molecule has 1 fully saturated rings. The number of nitrogens with zero attached hydrogens (tertiary/aromatic N) is 1. The molecule has 2 nitrogen and oxygen atoms in total. The summed E-state index contributed by atoms with van der Waals surface area (Å²) in [6, 6.07) is 1.44. The Morgan fingerprint density at radius 1 is 1.25 bits per heavy atom. The van der Waals surface area contributed by atoms with Gasteiger partial charge in [-0.2, -0.15) is 0 Å². The van der Waals surface area contributed by atoms with Crippen molar-refractivity contribution in [2.75, 3.05) is 19.6 Å². The highest BCUT2D eigenvalue weighted by molar-refractivity contribution is 4.83. The summed E-state index contributed by atoms with van der Waals surface area (Å²) in [5.74, 6) is 1.51. The lowest BCUT2D eigenvalue weighted by atomic mass is 9.97. The third-order valence-corrected chi connectivity index (χ3v) is 3.92. The molecule has 0 aromatic carbocycles. The van der Waals surface area contributed by atoms with Gasteiger partial charge in [0.1, 0.15) is 0 Å². The molecule has 0 bridgehead atoms. The molecular formula is C14H30N2. The van der Waals surface area contributed by atoms with E-state index in [1.54, 1.807) is 0 Å². The van der Waals surface area contributed by atoms with Crippen LogP contribution in [0.15, 0.2) is 0 Å². The Morgan fingerprint density at radius 3 is 2.44 bits per heavy atom. The Bertz CT molecular complexity index is 189. The third-order valence-electron chi connectivity index (χ3n) is 3.92. The Labute approximate surface area is 102 Å². The van der Waals surface area contributed by atoms with Crippen molar-refractivity contribution < 1.29 is 0 Å². The number of hydrogen-bond donors (Lipinski definition) is 1. The Hall–Kier alpha value is -0.0800. The fraction of sp³-hybridized carbons (Fsp3) is 1.00. The summed E-state index contributed by atoms with van der Waals surface area (Å²) in [5, 5.41) is 3.69. The van der Waals surface area contributed by atoms with Gasteiger partial charge in [-0.25, -0.2) is 0 Å². The molecule has 0 aromatic heterocycles. The highest BCUT2D eigenvalue weighted by Crippen LogP contribution is 2.18. The van der Waals surface area contributed by atoms with Gasteiger partial charge >= 0.3 is 0 Å². The SMILES string of the molecule is CCC(C(C)C)N1CCCNC(C(C)C)C1. The molecule has 1 saturated heterocycles. The molecule has 1 aliphatic rings. The predicted octanol–water partition coefficient (Wildman–Crippen LogP) is 2.74. The van der Waals surface area contributed by atoms with Crippen molar-refractivity contribution in [3.8, 4) is 0 Å². The summed E-state index contributed by atoms with van der Waals surface area (Å²) < 4.78 is 0. The molecule has 2 heteroatoms. The van der Waals surface area contributed by atoms with Crippen molar-refractivity contribution in [2.45, 2.75) is 59.5 Å². The first-order valence-electron chi connectivity index (χ1n) is 7.03. The van der Waals surface area contributed by atoms with Crippen LogP contribution >= 0.6 is 0 Å². The van der Waals surface area contributed by atoms with E-state index in [1.807, 2.05) is 0 Å². The summed E-state index contributed by atoms with van der Waals surface area (Å²) in [6.45, 7) is 15.4. The van der Waals surface area contributed by atoms with Crippen LogP contribution in [-0.4, -0.2) is 36.6 Å². The lowest BCUT2D eigenvalue weighted by molar-refractivity contribution is 0.139. The maximum absolute atomic E-state index is 3.69. The molecule has 2 atom stereocenters. The molecule has 0 radical (unpaired) electrons. The zero-order valence-electron chi connectivity index (χ0n) is 11.8. The van der Waals surface area contributed by atoms with Gasteiger partial charge in [0.15, 0.2) is 0 Å². The second-order valence-electron chi connectivity index (χ2n) is 5.87. The van der Waals surface area contributed by atoms with Gasteiger partial charge in [0.05, 0.1) is 0 Å². The van der Waals surface area contributed by atoms with Gasteiger partial charge in [0.25, 0.3) is 0 Å². The number of nitrogens with one attached hydrogen (secondary N) is 1. The molecule has 1 N–H and O–H groups in total. The van der Waals surface area contributed by atoms with E-state index in [4.69, 9.17) is 0 Å². The highest BCUT2D eigenvalue weighted by Gasteiger charge is 2.26. The van der Waals surface area contributed by atoms with E-state index in [0.29, 0.717) is 6.04 Å². The molecule has 1 aliphatic heterocycles. The van der Waals surface area contributed by atoms with Crippen LogP contribution in [0, 0.1) is 11.8 Å². The molecule has 1 heterocycles. The van der Waals surface area contributed by atoms with E-state index in [0.717, 1.165) is 17.9 Å². The minimum atomic E-state index is 0.676. The molecule has 0 aromatic rings. The molecule has 2 unspecified atom stereocenters. The maximum atomic E-state index is 3.69. The van der Waals surface area contributed by atoms with Gasteiger partial charge in [0, 0.05) is 18.6 Å². The van der Waals surface area contributed by atoms with Crippen LogP contribution in [0.5, 0.6) is 0 Å². The van der Waals surface area contributed by atoms with E-state index < -0.39 is 0 Å². The molecular weight excluding hydrogens is 196 g/mol. The zero-order chi connectivity index (χ0) is 12.1. The molecule has 1 rings (SSSR count). The van der Waals surface area contributed by atoms with Gasteiger partial charge in [-0.3, -0.25) is 4.90 Å². The van der Waals surface area contributed by atoms with Crippen LogP contribution in [0.25, 0.3) is 0 Å². The second-order valence-corrected chi connectivity index (χ2v) is 5.87. The molecule has 0 aliphatic carbocycles. The molecule has 96 valence electrons. The zero-order valence-corrected chi connectivity index (χ0v) is 11.8. The quantitative estimate of drug-likeness (QED) is 0.793. The van der Waals surface area contributed by atoms with Crippen LogP contribution < -0.4 is 5.32 Å². The van der Waals surface area contributed by atoms with Crippen LogP contribution in [-0.2, 0) is 0 Å². The smallest absolute Gasteiger partial charge is 0.0218 e. The van der Waals surface area contributed by atoms with Gasteiger partial charge in [-0.15, -0.1) is 0 Å². The van der Waals surface area contributed by atoms with E-state index in [1.165, 1.54) is 32.5 Å². The van der Waals surface area contributed by atoms with Gasteiger partial charge < -0.3 is 5.32 Å². The average Bonchev–Trinajstić information content (AvgIpc) is 2.44.